The van der Waals surface area contributed by atoms with Crippen molar-refractivity contribution in [2.45, 2.75) is 21.6 Å². The Labute approximate surface area is 189 Å². The lowest BCUT2D eigenvalue weighted by atomic mass is 10.2. The van der Waals surface area contributed by atoms with Crippen LogP contribution in [0.15, 0.2) is 124 Å². The van der Waals surface area contributed by atoms with Gasteiger partial charge in [0.1, 0.15) is 11.5 Å². The lowest BCUT2D eigenvalue weighted by molar-refractivity contribution is -0.131. The zero-order chi connectivity index (χ0) is 22.3. The summed E-state index contributed by atoms with van der Waals surface area (Å²) < 4.78 is 10.5. The fourth-order valence-corrected chi connectivity index (χ4v) is 5.31. The third-order valence-corrected chi connectivity index (χ3v) is 6.77. The summed E-state index contributed by atoms with van der Waals surface area (Å²) in [7, 11) is -0.353. The Kier molecular flexibility index (Phi) is 6.68. The molecule has 0 spiro atoms. The standard InChI is InChI=1S/C27H21O4S/c1-20(28)30-22-15-17-23(18-16-22)31-27(29)21-9-8-14-26(19-21)32(24-10-4-2-5-11-24)25-12-6-3-7-13-25/h2-19H,1H3/q+1. The summed E-state index contributed by atoms with van der Waals surface area (Å²) in [5, 5.41) is 0. The number of hydrogen-bond donors (Lipinski definition) is 0. The van der Waals surface area contributed by atoms with Crippen LogP contribution in [0.2, 0.25) is 0 Å². The Morgan fingerprint density at radius 3 is 1.62 bits per heavy atom. The van der Waals surface area contributed by atoms with Crippen LogP contribution in [0.25, 0.3) is 0 Å². The van der Waals surface area contributed by atoms with E-state index in [2.05, 4.69) is 24.3 Å². The van der Waals surface area contributed by atoms with Gasteiger partial charge in [-0.3, -0.25) is 4.79 Å². The van der Waals surface area contributed by atoms with Crippen LogP contribution in [-0.4, -0.2) is 11.9 Å². The molecule has 4 rings (SSSR count). The molecule has 0 saturated heterocycles. The van der Waals surface area contributed by atoms with E-state index in [9.17, 15) is 9.59 Å². The predicted octanol–water partition coefficient (Wildman–Crippen LogP) is 5.93. The van der Waals surface area contributed by atoms with Crippen molar-refractivity contribution in [2.24, 2.45) is 0 Å². The fourth-order valence-electron chi connectivity index (χ4n) is 3.18. The van der Waals surface area contributed by atoms with E-state index < -0.39 is 11.9 Å². The van der Waals surface area contributed by atoms with Gasteiger partial charge in [0.15, 0.2) is 14.7 Å². The average Bonchev–Trinajstić information content (AvgIpc) is 2.82. The monoisotopic (exact) mass is 441 g/mol. The zero-order valence-corrected chi connectivity index (χ0v) is 18.3. The molecule has 32 heavy (non-hydrogen) atoms. The van der Waals surface area contributed by atoms with Crippen LogP contribution in [0.1, 0.15) is 17.3 Å². The van der Waals surface area contributed by atoms with Crippen LogP contribution < -0.4 is 9.47 Å². The van der Waals surface area contributed by atoms with E-state index in [-0.39, 0.29) is 10.9 Å². The molecule has 0 saturated carbocycles. The lowest BCUT2D eigenvalue weighted by Gasteiger charge is -2.09. The van der Waals surface area contributed by atoms with Crippen LogP contribution in [0.5, 0.6) is 11.5 Å². The van der Waals surface area contributed by atoms with Gasteiger partial charge in [-0.05, 0) is 60.7 Å². The third-order valence-electron chi connectivity index (χ3n) is 4.56. The first kappa shape index (κ1) is 21.4. The lowest BCUT2D eigenvalue weighted by Crippen LogP contribution is -2.11. The van der Waals surface area contributed by atoms with E-state index in [4.69, 9.17) is 9.47 Å². The smallest absolute Gasteiger partial charge is 0.343 e. The molecular formula is C27H21O4S+. The van der Waals surface area contributed by atoms with E-state index >= 15 is 0 Å². The van der Waals surface area contributed by atoms with Crippen molar-refractivity contribution in [3.05, 3.63) is 115 Å². The van der Waals surface area contributed by atoms with Crippen molar-refractivity contribution in [1.29, 1.82) is 0 Å². The minimum Gasteiger partial charge on any atom is -0.427 e. The highest BCUT2D eigenvalue weighted by Gasteiger charge is 2.29. The van der Waals surface area contributed by atoms with Crippen molar-refractivity contribution in [3.8, 4) is 11.5 Å². The Morgan fingerprint density at radius 1 is 0.594 bits per heavy atom. The predicted molar refractivity (Wildman–Crippen MR) is 124 cm³/mol. The number of ether oxygens (including phenoxy) is 2. The minimum absolute atomic E-state index is 0.353. The number of esters is 2. The average molecular weight is 442 g/mol. The van der Waals surface area contributed by atoms with Gasteiger partial charge >= 0.3 is 11.9 Å². The summed E-state index contributed by atoms with van der Waals surface area (Å²) in [6.45, 7) is 1.33. The van der Waals surface area contributed by atoms with Crippen molar-refractivity contribution >= 4 is 22.8 Å². The third kappa shape index (κ3) is 5.25. The van der Waals surface area contributed by atoms with Gasteiger partial charge in [-0.1, -0.05) is 42.5 Å². The van der Waals surface area contributed by atoms with E-state index in [0.717, 1.165) is 4.90 Å². The van der Waals surface area contributed by atoms with E-state index in [1.54, 1.807) is 30.3 Å². The highest BCUT2D eigenvalue weighted by Crippen LogP contribution is 2.31. The van der Waals surface area contributed by atoms with Gasteiger partial charge in [-0.15, -0.1) is 0 Å². The van der Waals surface area contributed by atoms with E-state index in [1.165, 1.54) is 16.7 Å². The van der Waals surface area contributed by atoms with Crippen LogP contribution in [0.4, 0.5) is 0 Å². The molecule has 4 nitrogen and oxygen atoms in total. The number of carbonyl (C=O) groups excluding carboxylic acids is 2. The second kappa shape index (κ2) is 9.98. The topological polar surface area (TPSA) is 52.6 Å². The Morgan fingerprint density at radius 2 is 1.09 bits per heavy atom. The molecule has 0 bridgehead atoms. The molecule has 0 aliphatic heterocycles. The quantitative estimate of drug-likeness (QED) is 0.212. The maximum atomic E-state index is 12.8. The molecule has 0 atom stereocenters. The molecule has 0 amide bonds. The van der Waals surface area contributed by atoms with Gasteiger partial charge in [0, 0.05) is 13.0 Å². The highest BCUT2D eigenvalue weighted by molar-refractivity contribution is 7.97. The molecule has 4 aromatic rings. The van der Waals surface area contributed by atoms with Gasteiger partial charge < -0.3 is 9.47 Å². The fraction of sp³-hybridized carbons (Fsp3) is 0.0370. The molecule has 0 heterocycles. The van der Waals surface area contributed by atoms with Crippen LogP contribution >= 0.6 is 0 Å². The van der Waals surface area contributed by atoms with Crippen LogP contribution in [0.3, 0.4) is 0 Å². The highest BCUT2D eigenvalue weighted by atomic mass is 32.2. The molecule has 0 aliphatic carbocycles. The second-order valence-corrected chi connectivity index (χ2v) is 8.94. The normalized spacial score (nSPS) is 10.6. The van der Waals surface area contributed by atoms with E-state index in [0.29, 0.717) is 17.1 Å². The SMILES string of the molecule is CC(=O)Oc1ccc(OC(=O)c2cccc([S+](c3ccccc3)c3ccccc3)c2)cc1. The number of benzene rings is 4. The van der Waals surface area contributed by atoms with Crippen LogP contribution in [-0.2, 0) is 15.7 Å². The second-order valence-electron chi connectivity index (χ2n) is 6.91. The Bertz CT molecular complexity index is 1170. The first-order valence-electron chi connectivity index (χ1n) is 10.1. The molecule has 158 valence electrons. The maximum absolute atomic E-state index is 12.8. The van der Waals surface area contributed by atoms with Crippen molar-refractivity contribution < 1.29 is 19.1 Å². The largest absolute Gasteiger partial charge is 0.427 e. The molecule has 0 aromatic heterocycles. The van der Waals surface area contributed by atoms with Gasteiger partial charge in [0.2, 0.25) is 0 Å². The van der Waals surface area contributed by atoms with Crippen LogP contribution in [0, 0.1) is 0 Å². The maximum Gasteiger partial charge on any atom is 0.343 e. The summed E-state index contributed by atoms with van der Waals surface area (Å²) in [6.07, 6.45) is 0. The molecule has 0 fully saturated rings. The van der Waals surface area contributed by atoms with Gasteiger partial charge in [-0.25, -0.2) is 4.79 Å². The van der Waals surface area contributed by atoms with Gasteiger partial charge in [0.05, 0.1) is 16.5 Å². The number of carbonyl (C=O) groups is 2. The molecule has 0 aliphatic rings. The first-order chi connectivity index (χ1) is 15.6. The van der Waals surface area contributed by atoms with E-state index in [1.807, 2.05) is 54.6 Å². The van der Waals surface area contributed by atoms with Crippen molar-refractivity contribution in [2.75, 3.05) is 0 Å². The summed E-state index contributed by atoms with van der Waals surface area (Å²) in [5.41, 5.74) is 0.468. The minimum atomic E-state index is -0.447. The zero-order valence-electron chi connectivity index (χ0n) is 17.4. The molecule has 0 N–H and O–H groups in total. The Hall–Kier alpha value is -3.83. The summed E-state index contributed by atoms with van der Waals surface area (Å²) in [4.78, 5) is 27.2. The van der Waals surface area contributed by atoms with Crippen molar-refractivity contribution in [1.82, 2.24) is 0 Å². The van der Waals surface area contributed by atoms with Gasteiger partial charge in [-0.2, -0.15) is 0 Å². The number of hydrogen-bond acceptors (Lipinski definition) is 4. The molecule has 4 aromatic carbocycles. The molecule has 5 heteroatoms. The molecule has 0 radical (unpaired) electrons. The van der Waals surface area contributed by atoms with Crippen molar-refractivity contribution in [3.63, 3.8) is 0 Å². The Balaban J connectivity index is 1.60. The summed E-state index contributed by atoms with van der Waals surface area (Å²) in [5.74, 6) is -0.0778. The first-order valence-corrected chi connectivity index (χ1v) is 11.3. The summed E-state index contributed by atoms with van der Waals surface area (Å²) >= 11 is 0. The summed E-state index contributed by atoms with van der Waals surface area (Å²) in [6, 6.07) is 34.4. The molecular weight excluding hydrogens is 420 g/mol. The van der Waals surface area contributed by atoms with Gasteiger partial charge in [0.25, 0.3) is 0 Å². The number of rotatable bonds is 6. The molecule has 0 unspecified atom stereocenters.